The van der Waals surface area contributed by atoms with Crippen LogP contribution in [0.15, 0.2) is 53.0 Å². The van der Waals surface area contributed by atoms with Crippen molar-refractivity contribution in [2.24, 2.45) is 0 Å². The highest BCUT2D eigenvalue weighted by Crippen LogP contribution is 2.20. The molecular weight excluding hydrogens is 318 g/mol. The molecule has 0 aromatic heterocycles. The summed E-state index contributed by atoms with van der Waals surface area (Å²) >= 11 is 3.37. The molecule has 0 aliphatic heterocycles. The summed E-state index contributed by atoms with van der Waals surface area (Å²) in [5.41, 5.74) is 1.34. The smallest absolute Gasteiger partial charge is 0.256 e. The fourth-order valence-electron chi connectivity index (χ4n) is 1.73. The molecule has 20 heavy (non-hydrogen) atoms. The second-order valence-electron chi connectivity index (χ2n) is 4.62. The van der Waals surface area contributed by atoms with Gasteiger partial charge < -0.3 is 10.1 Å². The van der Waals surface area contributed by atoms with E-state index in [0.29, 0.717) is 5.56 Å². The fraction of sp³-hybridized carbons (Fsp3) is 0.188. The first-order valence-electron chi connectivity index (χ1n) is 6.39. The normalized spacial score (nSPS) is 10.4. The summed E-state index contributed by atoms with van der Waals surface area (Å²) in [5, 5.41) is 2.86. The van der Waals surface area contributed by atoms with Crippen molar-refractivity contribution < 1.29 is 9.53 Å². The molecule has 0 spiro atoms. The van der Waals surface area contributed by atoms with E-state index in [-0.39, 0.29) is 12.0 Å². The van der Waals surface area contributed by atoms with Gasteiger partial charge in [-0.25, -0.2) is 0 Å². The van der Waals surface area contributed by atoms with Crippen LogP contribution in [0.5, 0.6) is 5.75 Å². The van der Waals surface area contributed by atoms with Crippen LogP contribution in [0.2, 0.25) is 0 Å². The molecule has 0 saturated carbocycles. The molecule has 0 atom stereocenters. The molecule has 0 fully saturated rings. The number of benzene rings is 2. The molecule has 104 valence electrons. The lowest BCUT2D eigenvalue weighted by molar-refractivity contribution is 0.102. The Hall–Kier alpha value is -1.81. The molecule has 2 aromatic rings. The van der Waals surface area contributed by atoms with Crippen molar-refractivity contribution in [2.45, 2.75) is 20.0 Å². The van der Waals surface area contributed by atoms with E-state index in [1.165, 1.54) is 0 Å². The molecule has 1 amide bonds. The number of hydrogen-bond acceptors (Lipinski definition) is 2. The summed E-state index contributed by atoms with van der Waals surface area (Å²) in [6.07, 6.45) is 0.135. The lowest BCUT2D eigenvalue weighted by Crippen LogP contribution is -2.12. The fourth-order valence-corrected chi connectivity index (χ4v) is 2.20. The number of ether oxygens (including phenoxy) is 1. The summed E-state index contributed by atoms with van der Waals surface area (Å²) in [4.78, 5) is 12.1. The summed E-state index contributed by atoms with van der Waals surface area (Å²) in [6.45, 7) is 3.95. The molecule has 0 unspecified atom stereocenters. The van der Waals surface area contributed by atoms with Crippen LogP contribution < -0.4 is 10.1 Å². The van der Waals surface area contributed by atoms with Crippen LogP contribution in [0.4, 0.5) is 5.69 Å². The number of halogens is 1. The maximum atomic E-state index is 12.1. The lowest BCUT2D eigenvalue weighted by Gasteiger charge is -2.11. The topological polar surface area (TPSA) is 38.3 Å². The van der Waals surface area contributed by atoms with Crippen molar-refractivity contribution in [3.63, 3.8) is 0 Å². The second kappa shape index (κ2) is 6.57. The molecular formula is C16H16BrNO2. The van der Waals surface area contributed by atoms with Gasteiger partial charge in [-0.05, 0) is 66.2 Å². The third kappa shape index (κ3) is 3.84. The maximum absolute atomic E-state index is 12.1. The Morgan fingerprint density at radius 2 is 1.75 bits per heavy atom. The van der Waals surface area contributed by atoms with E-state index in [1.54, 1.807) is 6.07 Å². The van der Waals surface area contributed by atoms with E-state index in [0.717, 1.165) is 15.9 Å². The highest BCUT2D eigenvalue weighted by Gasteiger charge is 2.09. The molecule has 0 aliphatic rings. The standard InChI is InChI=1S/C16H16BrNO2/c1-11(2)20-13-9-7-12(8-10-13)18-16(19)14-5-3-4-6-15(14)17/h3-11H,1-2H3,(H,18,19). The number of carbonyl (C=O) groups is 1. The van der Waals surface area contributed by atoms with Crippen LogP contribution in [0.1, 0.15) is 24.2 Å². The van der Waals surface area contributed by atoms with Crippen molar-refractivity contribution in [1.82, 2.24) is 0 Å². The molecule has 0 saturated heterocycles. The highest BCUT2D eigenvalue weighted by molar-refractivity contribution is 9.10. The van der Waals surface area contributed by atoms with Gasteiger partial charge in [-0.3, -0.25) is 4.79 Å². The first-order valence-corrected chi connectivity index (χ1v) is 7.18. The number of hydrogen-bond donors (Lipinski definition) is 1. The van der Waals surface area contributed by atoms with E-state index in [2.05, 4.69) is 21.2 Å². The van der Waals surface area contributed by atoms with Gasteiger partial charge in [0, 0.05) is 10.2 Å². The van der Waals surface area contributed by atoms with Crippen LogP contribution in [-0.2, 0) is 0 Å². The Morgan fingerprint density at radius 1 is 1.10 bits per heavy atom. The summed E-state index contributed by atoms with van der Waals surface area (Å²) in [5.74, 6) is 0.647. The van der Waals surface area contributed by atoms with Crippen molar-refractivity contribution in [2.75, 3.05) is 5.32 Å². The summed E-state index contributed by atoms with van der Waals surface area (Å²) in [7, 11) is 0. The van der Waals surface area contributed by atoms with Crippen LogP contribution in [0.25, 0.3) is 0 Å². The molecule has 2 rings (SSSR count). The van der Waals surface area contributed by atoms with Crippen molar-refractivity contribution in [3.05, 3.63) is 58.6 Å². The molecule has 3 nitrogen and oxygen atoms in total. The third-order valence-corrected chi connectivity index (χ3v) is 3.29. The largest absolute Gasteiger partial charge is 0.491 e. The van der Waals surface area contributed by atoms with E-state index < -0.39 is 0 Å². The maximum Gasteiger partial charge on any atom is 0.256 e. The average Bonchev–Trinajstić information content (AvgIpc) is 2.41. The first-order chi connectivity index (χ1) is 9.56. The first kappa shape index (κ1) is 14.6. The van der Waals surface area contributed by atoms with Gasteiger partial charge in [0.25, 0.3) is 5.91 Å². The molecule has 0 bridgehead atoms. The molecule has 1 N–H and O–H groups in total. The zero-order chi connectivity index (χ0) is 14.5. The van der Waals surface area contributed by atoms with Crippen molar-refractivity contribution >= 4 is 27.5 Å². The SMILES string of the molecule is CC(C)Oc1ccc(NC(=O)c2ccccc2Br)cc1. The summed E-state index contributed by atoms with van der Waals surface area (Å²) < 4.78 is 6.33. The number of nitrogens with one attached hydrogen (secondary N) is 1. The average molecular weight is 334 g/mol. The van der Waals surface area contributed by atoms with Gasteiger partial charge >= 0.3 is 0 Å². The van der Waals surface area contributed by atoms with Gasteiger partial charge in [0.05, 0.1) is 11.7 Å². The number of carbonyl (C=O) groups excluding carboxylic acids is 1. The molecule has 4 heteroatoms. The number of rotatable bonds is 4. The molecule has 0 heterocycles. The van der Waals surface area contributed by atoms with Crippen LogP contribution in [0.3, 0.4) is 0 Å². The van der Waals surface area contributed by atoms with Crippen molar-refractivity contribution in [1.29, 1.82) is 0 Å². The predicted molar refractivity (Wildman–Crippen MR) is 84.3 cm³/mol. The van der Waals surface area contributed by atoms with Gasteiger partial charge in [-0.2, -0.15) is 0 Å². The minimum atomic E-state index is -0.144. The third-order valence-electron chi connectivity index (χ3n) is 2.60. The van der Waals surface area contributed by atoms with Crippen LogP contribution in [-0.4, -0.2) is 12.0 Å². The Balaban J connectivity index is 2.07. The minimum Gasteiger partial charge on any atom is -0.491 e. The minimum absolute atomic E-state index is 0.135. The predicted octanol–water partition coefficient (Wildman–Crippen LogP) is 4.49. The Morgan fingerprint density at radius 3 is 2.35 bits per heavy atom. The van der Waals surface area contributed by atoms with Crippen LogP contribution >= 0.6 is 15.9 Å². The van der Waals surface area contributed by atoms with E-state index >= 15 is 0 Å². The zero-order valence-electron chi connectivity index (χ0n) is 11.4. The van der Waals surface area contributed by atoms with E-state index in [1.807, 2.05) is 56.3 Å². The molecule has 0 radical (unpaired) electrons. The van der Waals surface area contributed by atoms with Crippen LogP contribution in [0, 0.1) is 0 Å². The zero-order valence-corrected chi connectivity index (χ0v) is 13.0. The second-order valence-corrected chi connectivity index (χ2v) is 5.48. The van der Waals surface area contributed by atoms with Gasteiger partial charge in [-0.1, -0.05) is 12.1 Å². The Labute approximate surface area is 127 Å². The van der Waals surface area contributed by atoms with E-state index in [9.17, 15) is 4.79 Å². The quantitative estimate of drug-likeness (QED) is 0.895. The Bertz CT molecular complexity index is 594. The van der Waals surface area contributed by atoms with Gasteiger partial charge in [-0.15, -0.1) is 0 Å². The lowest BCUT2D eigenvalue weighted by atomic mass is 10.2. The van der Waals surface area contributed by atoms with Gasteiger partial charge in [0.15, 0.2) is 0 Å². The monoisotopic (exact) mass is 333 g/mol. The van der Waals surface area contributed by atoms with Gasteiger partial charge in [0.2, 0.25) is 0 Å². The molecule has 2 aromatic carbocycles. The summed E-state index contributed by atoms with van der Waals surface area (Å²) in [6, 6.07) is 14.7. The highest BCUT2D eigenvalue weighted by atomic mass is 79.9. The number of anilines is 1. The number of amides is 1. The van der Waals surface area contributed by atoms with Crippen molar-refractivity contribution in [3.8, 4) is 5.75 Å². The molecule has 0 aliphatic carbocycles. The van der Waals surface area contributed by atoms with E-state index in [4.69, 9.17) is 4.74 Å². The Kier molecular flexibility index (Phi) is 4.79. The van der Waals surface area contributed by atoms with Gasteiger partial charge in [0.1, 0.15) is 5.75 Å².